The second kappa shape index (κ2) is 9.25. The van der Waals surface area contributed by atoms with Gasteiger partial charge in [-0.25, -0.2) is 0 Å². The second-order valence-electron chi connectivity index (χ2n) is 9.29. The maximum atomic E-state index is 13.2. The minimum Gasteiger partial charge on any atom is -0.733 e. The van der Waals surface area contributed by atoms with E-state index in [1.807, 2.05) is 17.0 Å². The zero-order valence-electron chi connectivity index (χ0n) is 19.2. The van der Waals surface area contributed by atoms with Crippen molar-refractivity contribution in [3.8, 4) is 0 Å². The molecule has 0 aliphatic carbocycles. The van der Waals surface area contributed by atoms with Crippen molar-refractivity contribution < 1.29 is 14.7 Å². The van der Waals surface area contributed by atoms with Gasteiger partial charge in [0.1, 0.15) is 5.69 Å². The predicted molar refractivity (Wildman–Crippen MR) is 128 cm³/mol. The van der Waals surface area contributed by atoms with Gasteiger partial charge in [0.15, 0.2) is 0 Å². The summed E-state index contributed by atoms with van der Waals surface area (Å²) >= 11 is 0. The molecule has 1 aromatic carbocycles. The number of fused-ring (bicyclic) bond motifs is 5. The normalized spacial score (nSPS) is 19.3. The highest BCUT2D eigenvalue weighted by Crippen LogP contribution is 2.36. The Morgan fingerprint density at radius 3 is 2.82 bits per heavy atom. The number of carbonyl (C=O) groups excluding carboxylic acids is 1. The minimum atomic E-state index is -0.477. The van der Waals surface area contributed by atoms with Crippen LogP contribution in [0.2, 0.25) is 0 Å². The average molecular weight is 466 g/mol. The smallest absolute Gasteiger partial charge is 0.275 e. The van der Waals surface area contributed by atoms with Gasteiger partial charge in [-0.05, 0) is 42.5 Å². The summed E-state index contributed by atoms with van der Waals surface area (Å²) in [5.41, 5.74) is 2.38. The Labute approximate surface area is 197 Å². The lowest BCUT2D eigenvalue weighted by molar-refractivity contribution is -0.133. The second-order valence-corrected chi connectivity index (χ2v) is 9.29. The Hall–Kier alpha value is -3.14. The Kier molecular flexibility index (Phi) is 6.16. The third-order valence-corrected chi connectivity index (χ3v) is 7.16. The quantitative estimate of drug-likeness (QED) is 0.538. The van der Waals surface area contributed by atoms with Crippen LogP contribution in [0.3, 0.4) is 0 Å². The van der Waals surface area contributed by atoms with Crippen molar-refractivity contribution in [3.63, 3.8) is 0 Å². The monoisotopic (exact) mass is 465 g/mol. The van der Waals surface area contributed by atoms with E-state index >= 15 is 0 Å². The van der Waals surface area contributed by atoms with Crippen LogP contribution in [0.1, 0.15) is 30.0 Å². The molecule has 1 amide bonds. The van der Waals surface area contributed by atoms with Gasteiger partial charge in [0.2, 0.25) is 5.91 Å². The molecule has 4 heterocycles. The Bertz CT molecular complexity index is 1260. The highest BCUT2D eigenvalue weighted by atomic mass is 16.8. The Morgan fingerprint density at radius 1 is 1.21 bits per heavy atom. The first-order chi connectivity index (χ1) is 16.5. The number of likely N-dealkylation sites (tertiary alicyclic amines) is 1. The van der Waals surface area contributed by atoms with E-state index in [0.29, 0.717) is 39.1 Å². The summed E-state index contributed by atoms with van der Waals surface area (Å²) in [6, 6.07) is 11.3. The first-order valence-corrected chi connectivity index (χ1v) is 11.7. The number of hydrogen-bond acceptors (Lipinski definition) is 6. The summed E-state index contributed by atoms with van der Waals surface area (Å²) in [6.45, 7) is 3.00. The molecule has 2 aromatic heterocycles. The van der Waals surface area contributed by atoms with Gasteiger partial charge < -0.3 is 29.2 Å². The molecule has 9 nitrogen and oxygen atoms in total. The number of para-hydroxylation sites is 1. The number of methoxy groups -OCH3 is 1. The molecule has 9 heteroatoms. The third kappa shape index (κ3) is 4.11. The van der Waals surface area contributed by atoms with Crippen LogP contribution in [0.15, 0.2) is 47.4 Å². The summed E-state index contributed by atoms with van der Waals surface area (Å²) in [5.74, 6) is 0.322. The lowest BCUT2D eigenvalue weighted by Crippen LogP contribution is -2.49. The maximum Gasteiger partial charge on any atom is 0.275 e. The molecule has 5 rings (SSSR count). The van der Waals surface area contributed by atoms with Crippen molar-refractivity contribution in [2.75, 3.05) is 32.0 Å². The molecule has 2 unspecified atom stereocenters. The fourth-order valence-electron chi connectivity index (χ4n) is 5.58. The first-order valence-electron chi connectivity index (χ1n) is 11.7. The van der Waals surface area contributed by atoms with Crippen molar-refractivity contribution in [3.05, 3.63) is 69.4 Å². The molecule has 1 saturated heterocycles. The van der Waals surface area contributed by atoms with E-state index in [4.69, 9.17) is 4.74 Å². The van der Waals surface area contributed by atoms with Crippen LogP contribution in [-0.2, 0) is 29.0 Å². The molecule has 2 aliphatic heterocycles. The molecule has 2 bridgehead atoms. The van der Waals surface area contributed by atoms with Gasteiger partial charge in [-0.2, -0.15) is 0 Å². The highest BCUT2D eigenvalue weighted by molar-refractivity contribution is 5.85. The molecule has 0 saturated carbocycles. The van der Waals surface area contributed by atoms with Crippen molar-refractivity contribution in [2.24, 2.45) is 5.92 Å². The number of rotatable bonds is 7. The van der Waals surface area contributed by atoms with Crippen LogP contribution < -0.4 is 10.8 Å². The van der Waals surface area contributed by atoms with Crippen molar-refractivity contribution >= 4 is 22.5 Å². The predicted octanol–water partition coefficient (Wildman–Crippen LogP) is 2.72. The van der Waals surface area contributed by atoms with Gasteiger partial charge in [0.25, 0.3) is 5.56 Å². The Balaban J connectivity index is 1.30. The summed E-state index contributed by atoms with van der Waals surface area (Å²) < 4.78 is 9.01. The van der Waals surface area contributed by atoms with Crippen LogP contribution in [0.25, 0.3) is 10.9 Å². The Morgan fingerprint density at radius 2 is 2.03 bits per heavy atom. The topological polar surface area (TPSA) is 103 Å². The largest absolute Gasteiger partial charge is 0.733 e. The van der Waals surface area contributed by atoms with Gasteiger partial charge in [-0.3, -0.25) is 14.8 Å². The fourth-order valence-corrected chi connectivity index (χ4v) is 5.58. The zero-order chi connectivity index (χ0) is 23.8. The van der Waals surface area contributed by atoms with Crippen LogP contribution in [0.4, 0.5) is 5.69 Å². The number of nitrogens with zero attached hydrogens (tertiary/aromatic N) is 4. The van der Waals surface area contributed by atoms with Gasteiger partial charge in [-0.1, -0.05) is 18.2 Å². The molecular weight excluding hydrogens is 436 g/mol. The number of anilines is 1. The van der Waals surface area contributed by atoms with Crippen LogP contribution in [0, 0.1) is 11.1 Å². The van der Waals surface area contributed by atoms with E-state index in [2.05, 4.69) is 22.9 Å². The number of carbonyl (C=O) groups is 1. The number of aromatic nitrogens is 2. The lowest BCUT2D eigenvalue weighted by atomic mass is 9.83. The van der Waals surface area contributed by atoms with Crippen LogP contribution in [-0.4, -0.2) is 52.0 Å². The number of amides is 1. The van der Waals surface area contributed by atoms with E-state index in [1.54, 1.807) is 17.7 Å². The molecule has 2 aliphatic rings. The molecule has 1 fully saturated rings. The number of aryl methyl sites for hydroxylation is 1. The average Bonchev–Trinajstić information content (AvgIpc) is 3.19. The number of benzene rings is 1. The fraction of sp³-hybridized carbons (Fsp3) is 0.440. The zero-order valence-corrected chi connectivity index (χ0v) is 19.2. The first kappa shape index (κ1) is 22.6. The van der Waals surface area contributed by atoms with E-state index < -0.39 is 5.56 Å². The minimum absolute atomic E-state index is 0.0490. The molecular formula is C25H29N4O5-. The molecule has 1 N–H and O–H groups in total. The molecule has 0 spiro atoms. The van der Waals surface area contributed by atoms with E-state index in [1.165, 1.54) is 11.5 Å². The van der Waals surface area contributed by atoms with Crippen molar-refractivity contribution in [1.29, 1.82) is 0 Å². The number of pyridine rings is 1. The van der Waals surface area contributed by atoms with Gasteiger partial charge in [-0.15, -0.1) is 0 Å². The van der Waals surface area contributed by atoms with Crippen molar-refractivity contribution in [1.82, 2.24) is 14.0 Å². The molecule has 2 atom stereocenters. The summed E-state index contributed by atoms with van der Waals surface area (Å²) in [4.78, 5) is 27.7. The van der Waals surface area contributed by atoms with E-state index in [9.17, 15) is 20.0 Å². The number of ether oxygens (including phenoxy) is 1. The van der Waals surface area contributed by atoms with Crippen LogP contribution >= 0.6 is 0 Å². The van der Waals surface area contributed by atoms with Gasteiger partial charge in [0.05, 0.1) is 6.61 Å². The number of piperidine rings is 1. The van der Waals surface area contributed by atoms with Crippen LogP contribution in [0.5, 0.6) is 0 Å². The highest BCUT2D eigenvalue weighted by Gasteiger charge is 2.36. The SMILES string of the molecule is COCCn1cc(CCC(=O)N2CC3CC(C2)c2ccc(N([O-])O)c(=O)n2C3)c2ccccc21. The standard InChI is InChI=1S/C25H29N4O5/c1-34-11-10-26-15-18(20-4-2-3-5-22(20)26)6-9-24(30)27-13-17-12-19(16-27)21-7-8-23(29(32)33)25(31)28(21)14-17/h2-5,7-8,15,17,19,32H,6,9-14,16H2,1H3/q-1. The van der Waals surface area contributed by atoms with Crippen molar-refractivity contribution in [2.45, 2.75) is 38.3 Å². The molecule has 3 aromatic rings. The molecule has 0 radical (unpaired) electrons. The summed E-state index contributed by atoms with van der Waals surface area (Å²) in [6.07, 6.45) is 4.14. The van der Waals surface area contributed by atoms with Gasteiger partial charge >= 0.3 is 0 Å². The van der Waals surface area contributed by atoms with E-state index in [0.717, 1.165) is 29.7 Å². The number of hydrogen-bond donors (Lipinski definition) is 1. The molecule has 34 heavy (non-hydrogen) atoms. The maximum absolute atomic E-state index is 13.2. The molecule has 180 valence electrons. The van der Waals surface area contributed by atoms with Gasteiger partial charge in [0, 0.05) is 68.4 Å². The third-order valence-electron chi connectivity index (χ3n) is 7.16. The van der Waals surface area contributed by atoms with E-state index in [-0.39, 0.29) is 28.7 Å². The summed E-state index contributed by atoms with van der Waals surface area (Å²) in [5, 5.41) is 21.2. The summed E-state index contributed by atoms with van der Waals surface area (Å²) in [7, 11) is 1.69. The lowest BCUT2D eigenvalue weighted by Gasteiger charge is -2.43.